The molecule has 0 amide bonds. The van der Waals surface area contributed by atoms with E-state index in [1.165, 1.54) is 18.3 Å². The van der Waals surface area contributed by atoms with E-state index >= 15 is 0 Å². The molecule has 0 bridgehead atoms. The number of rotatable bonds is 3. The van der Waals surface area contributed by atoms with Gasteiger partial charge in [-0.05, 0) is 12.3 Å². The zero-order valence-electron chi connectivity index (χ0n) is 9.77. The summed E-state index contributed by atoms with van der Waals surface area (Å²) in [5.41, 5.74) is -0.114. The van der Waals surface area contributed by atoms with Crippen molar-refractivity contribution >= 4 is 28.2 Å². The Balaban J connectivity index is 2.33. The summed E-state index contributed by atoms with van der Waals surface area (Å²) in [6.07, 6.45) is 1.08. The van der Waals surface area contributed by atoms with E-state index in [2.05, 4.69) is 11.9 Å². The van der Waals surface area contributed by atoms with Gasteiger partial charge in [0, 0.05) is 20.0 Å². The van der Waals surface area contributed by atoms with E-state index in [9.17, 15) is 9.59 Å². The maximum atomic E-state index is 11.4. The number of Topliss-reactive ketones (excluding diaryl/α,β-unsaturated/α-hetero) is 1. The smallest absolute Gasteiger partial charge is 0.356 e. The van der Waals surface area contributed by atoms with E-state index in [4.69, 9.17) is 5.11 Å². The van der Waals surface area contributed by atoms with Gasteiger partial charge in [0.2, 0.25) is 0 Å². The lowest BCUT2D eigenvalue weighted by Crippen LogP contribution is -2.18. The maximum Gasteiger partial charge on any atom is 0.356 e. The summed E-state index contributed by atoms with van der Waals surface area (Å²) in [5.74, 6) is -0.781. The summed E-state index contributed by atoms with van der Waals surface area (Å²) in [6, 6.07) is 0. The average Bonchev–Trinajstić information content (AvgIpc) is 2.82. The van der Waals surface area contributed by atoms with Crippen molar-refractivity contribution in [1.82, 2.24) is 4.98 Å². The summed E-state index contributed by atoms with van der Waals surface area (Å²) in [5, 5.41) is 9.65. The highest BCUT2D eigenvalue weighted by molar-refractivity contribution is 7.17. The largest absolute Gasteiger partial charge is 0.476 e. The van der Waals surface area contributed by atoms with Crippen molar-refractivity contribution in [3.05, 3.63) is 10.6 Å². The predicted molar refractivity (Wildman–Crippen MR) is 65.1 cm³/mol. The molecule has 17 heavy (non-hydrogen) atoms. The average molecular weight is 254 g/mol. The van der Waals surface area contributed by atoms with Gasteiger partial charge in [-0.15, -0.1) is 0 Å². The molecule has 1 N–H and O–H groups in total. The van der Waals surface area contributed by atoms with Crippen LogP contribution >= 0.6 is 11.3 Å². The van der Waals surface area contributed by atoms with Crippen molar-refractivity contribution in [2.45, 2.75) is 20.3 Å². The van der Waals surface area contributed by atoms with Crippen LogP contribution in [0.4, 0.5) is 5.13 Å². The molecule has 0 aliphatic carbocycles. The molecule has 1 saturated heterocycles. The second kappa shape index (κ2) is 4.44. The third-order valence-electron chi connectivity index (χ3n) is 2.83. The molecule has 5 nitrogen and oxygen atoms in total. The Labute approximate surface area is 103 Å². The van der Waals surface area contributed by atoms with E-state index in [0.717, 1.165) is 19.5 Å². The standard InChI is InChI=1S/C11H14N2O3S/c1-6-3-4-13(5-6)11-12-8(10(15)16)9(17-11)7(2)14/h6H,3-5H2,1-2H3,(H,15,16). The number of anilines is 1. The van der Waals surface area contributed by atoms with E-state index in [-0.39, 0.29) is 16.4 Å². The highest BCUT2D eigenvalue weighted by atomic mass is 32.1. The normalized spacial score (nSPS) is 19.6. The van der Waals surface area contributed by atoms with Gasteiger partial charge in [-0.3, -0.25) is 4.79 Å². The van der Waals surface area contributed by atoms with Gasteiger partial charge in [-0.25, -0.2) is 9.78 Å². The molecular weight excluding hydrogens is 240 g/mol. The predicted octanol–water partition coefficient (Wildman–Crippen LogP) is 1.89. The Morgan fingerprint density at radius 3 is 2.65 bits per heavy atom. The third kappa shape index (κ3) is 2.31. The minimum Gasteiger partial charge on any atom is -0.476 e. The first kappa shape index (κ1) is 12.0. The monoisotopic (exact) mass is 254 g/mol. The molecule has 0 radical (unpaired) electrons. The van der Waals surface area contributed by atoms with Crippen molar-refractivity contribution < 1.29 is 14.7 Å². The van der Waals surface area contributed by atoms with Crippen LogP contribution in [0.5, 0.6) is 0 Å². The Kier molecular flexibility index (Phi) is 3.15. The molecule has 0 aromatic carbocycles. The molecule has 2 rings (SSSR count). The highest BCUT2D eigenvalue weighted by Crippen LogP contribution is 2.30. The van der Waals surface area contributed by atoms with Gasteiger partial charge < -0.3 is 10.0 Å². The lowest BCUT2D eigenvalue weighted by atomic mass is 10.2. The Hall–Kier alpha value is -1.43. The van der Waals surface area contributed by atoms with Gasteiger partial charge >= 0.3 is 5.97 Å². The van der Waals surface area contributed by atoms with Gasteiger partial charge in [-0.2, -0.15) is 0 Å². The Bertz CT molecular complexity index is 438. The molecule has 2 heterocycles. The van der Waals surface area contributed by atoms with Gasteiger partial charge in [0.15, 0.2) is 16.6 Å². The Morgan fingerprint density at radius 1 is 1.53 bits per heavy atom. The highest BCUT2D eigenvalue weighted by Gasteiger charge is 2.26. The number of aromatic nitrogens is 1. The van der Waals surface area contributed by atoms with Crippen molar-refractivity contribution in [2.24, 2.45) is 5.92 Å². The van der Waals surface area contributed by atoms with E-state index in [1.807, 2.05) is 4.90 Å². The number of thiazole rings is 1. The lowest BCUT2D eigenvalue weighted by Gasteiger charge is -2.13. The van der Waals surface area contributed by atoms with Crippen LogP contribution in [0.2, 0.25) is 0 Å². The summed E-state index contributed by atoms with van der Waals surface area (Å²) < 4.78 is 0. The maximum absolute atomic E-state index is 11.4. The van der Waals surface area contributed by atoms with Crippen molar-refractivity contribution in [1.29, 1.82) is 0 Å². The topological polar surface area (TPSA) is 70.5 Å². The molecule has 1 aromatic rings. The zero-order chi connectivity index (χ0) is 12.6. The molecule has 0 saturated carbocycles. The van der Waals surface area contributed by atoms with Gasteiger partial charge in [0.25, 0.3) is 0 Å². The summed E-state index contributed by atoms with van der Waals surface area (Å²) in [6.45, 7) is 5.28. The van der Waals surface area contributed by atoms with Crippen LogP contribution in [-0.2, 0) is 0 Å². The number of carbonyl (C=O) groups is 2. The van der Waals surface area contributed by atoms with Crippen LogP contribution < -0.4 is 4.90 Å². The van der Waals surface area contributed by atoms with Crippen LogP contribution in [0, 0.1) is 5.92 Å². The second-order valence-electron chi connectivity index (χ2n) is 4.38. The molecule has 1 aliphatic heterocycles. The van der Waals surface area contributed by atoms with Gasteiger partial charge in [0.1, 0.15) is 4.88 Å². The third-order valence-corrected chi connectivity index (χ3v) is 4.05. The molecule has 1 atom stereocenters. The number of nitrogens with zero attached hydrogens (tertiary/aromatic N) is 2. The number of ketones is 1. The number of aromatic carboxylic acids is 1. The molecule has 1 aromatic heterocycles. The fraction of sp³-hybridized carbons (Fsp3) is 0.545. The minimum absolute atomic E-state index is 0.114. The molecule has 1 fully saturated rings. The van der Waals surface area contributed by atoms with Gasteiger partial charge in [-0.1, -0.05) is 18.3 Å². The zero-order valence-corrected chi connectivity index (χ0v) is 10.6. The summed E-state index contributed by atoms with van der Waals surface area (Å²) in [7, 11) is 0. The summed E-state index contributed by atoms with van der Waals surface area (Å²) in [4.78, 5) is 28.7. The molecule has 1 aliphatic rings. The van der Waals surface area contributed by atoms with E-state index < -0.39 is 5.97 Å². The number of hydrogen-bond acceptors (Lipinski definition) is 5. The molecule has 92 valence electrons. The van der Waals surface area contributed by atoms with Crippen molar-refractivity contribution in [3.8, 4) is 0 Å². The first-order valence-electron chi connectivity index (χ1n) is 5.49. The summed E-state index contributed by atoms with van der Waals surface area (Å²) >= 11 is 1.18. The number of carboxylic acids is 1. The molecule has 6 heteroatoms. The van der Waals surface area contributed by atoms with Crippen LogP contribution in [0.1, 0.15) is 40.4 Å². The first-order chi connectivity index (χ1) is 7.99. The van der Waals surface area contributed by atoms with Crippen LogP contribution in [0.15, 0.2) is 0 Å². The fourth-order valence-corrected chi connectivity index (χ4v) is 2.92. The number of carboxylic acid groups (broad SMARTS) is 1. The first-order valence-corrected chi connectivity index (χ1v) is 6.30. The molecule has 1 unspecified atom stereocenters. The molecular formula is C11H14N2O3S. The van der Waals surface area contributed by atoms with Crippen LogP contribution in [0.3, 0.4) is 0 Å². The van der Waals surface area contributed by atoms with E-state index in [1.54, 1.807) is 0 Å². The van der Waals surface area contributed by atoms with Gasteiger partial charge in [0.05, 0.1) is 0 Å². The van der Waals surface area contributed by atoms with Crippen molar-refractivity contribution in [3.63, 3.8) is 0 Å². The quantitative estimate of drug-likeness (QED) is 0.834. The van der Waals surface area contributed by atoms with Crippen LogP contribution in [0.25, 0.3) is 0 Å². The fourth-order valence-electron chi connectivity index (χ4n) is 1.94. The minimum atomic E-state index is -1.13. The lowest BCUT2D eigenvalue weighted by molar-refractivity contribution is 0.0687. The van der Waals surface area contributed by atoms with E-state index in [0.29, 0.717) is 11.0 Å². The van der Waals surface area contributed by atoms with Crippen LogP contribution in [-0.4, -0.2) is 34.9 Å². The SMILES string of the molecule is CC(=O)c1sc(N2CCC(C)C2)nc1C(=O)O. The Morgan fingerprint density at radius 2 is 2.24 bits per heavy atom. The number of hydrogen-bond donors (Lipinski definition) is 1. The number of carbonyl (C=O) groups excluding carboxylic acids is 1. The second-order valence-corrected chi connectivity index (χ2v) is 5.35. The molecule has 0 spiro atoms. The van der Waals surface area contributed by atoms with Crippen molar-refractivity contribution in [2.75, 3.05) is 18.0 Å².